The van der Waals surface area contributed by atoms with Crippen LogP contribution in [0.4, 0.5) is 11.6 Å². The van der Waals surface area contributed by atoms with Crippen molar-refractivity contribution in [3.05, 3.63) is 119 Å². The van der Waals surface area contributed by atoms with Gasteiger partial charge in [-0.2, -0.15) is 10.2 Å². The second-order valence-corrected chi connectivity index (χ2v) is 15.6. The Morgan fingerprint density at radius 3 is 1.45 bits per heavy atom. The molecule has 0 atom stereocenters. The van der Waals surface area contributed by atoms with Gasteiger partial charge in [-0.3, -0.25) is 4.79 Å². The zero-order chi connectivity index (χ0) is 47.9. The van der Waals surface area contributed by atoms with Crippen molar-refractivity contribution in [1.82, 2.24) is 40.6 Å². The fourth-order valence-electron chi connectivity index (χ4n) is 7.59. The maximum Gasteiger partial charge on any atom is 0.335 e. The van der Waals surface area contributed by atoms with Gasteiger partial charge in [-0.05, 0) is 124 Å². The predicted molar refractivity (Wildman–Crippen MR) is 264 cm³/mol. The molecular weight excluding hydrogens is 931 g/mol. The lowest BCUT2D eigenvalue weighted by molar-refractivity contribution is 0.0692. The molecular formula is C48H58Cl2N10O9. The number of nitrogens with one attached hydrogen (secondary N) is 1. The molecule has 1 amide bonds. The quantitative estimate of drug-likeness (QED) is 0.0910. The van der Waals surface area contributed by atoms with Crippen molar-refractivity contribution in [1.29, 1.82) is 0 Å². The van der Waals surface area contributed by atoms with E-state index in [0.29, 0.717) is 82.5 Å². The predicted octanol–water partition coefficient (Wildman–Crippen LogP) is 7.86. The smallest absolute Gasteiger partial charge is 0.335 e. The summed E-state index contributed by atoms with van der Waals surface area (Å²) in [6.45, 7) is 7.50. The van der Waals surface area contributed by atoms with E-state index in [1.165, 1.54) is 44.2 Å². The Balaban J connectivity index is 0.000000245. The average Bonchev–Trinajstić information content (AvgIpc) is 3.35. The van der Waals surface area contributed by atoms with Gasteiger partial charge in [0.05, 0.1) is 57.8 Å². The number of nitrogens with two attached hydrogens (primary N) is 2. The van der Waals surface area contributed by atoms with Crippen LogP contribution < -0.4 is 45.2 Å². The molecule has 0 saturated carbocycles. The van der Waals surface area contributed by atoms with Crippen LogP contribution in [0, 0.1) is 13.8 Å². The SMILES string of the molecule is COc1ccc(Oc2ccc(C(=O)N3CCC(c4nnc(N)cc4C)CC3)cc2OC)cn1.COc1ccc(Oc2ccc(C(=O)O)cc2OC)cn1.Cc1cc(N)nnc1C1CCNCC1.Cl.Cl. The van der Waals surface area contributed by atoms with Crippen molar-refractivity contribution in [2.24, 2.45) is 0 Å². The van der Waals surface area contributed by atoms with E-state index in [9.17, 15) is 9.59 Å². The zero-order valence-corrected chi connectivity index (χ0v) is 40.8. The minimum Gasteiger partial charge on any atom is -0.493 e. The van der Waals surface area contributed by atoms with E-state index in [1.54, 1.807) is 62.9 Å². The lowest BCUT2D eigenvalue weighted by Gasteiger charge is -2.32. The van der Waals surface area contributed by atoms with Crippen molar-refractivity contribution in [3.63, 3.8) is 0 Å². The molecule has 2 fully saturated rings. The summed E-state index contributed by atoms with van der Waals surface area (Å²) < 4.78 is 32.1. The zero-order valence-electron chi connectivity index (χ0n) is 39.2. The highest BCUT2D eigenvalue weighted by atomic mass is 35.5. The summed E-state index contributed by atoms with van der Waals surface area (Å²) in [5, 5.41) is 28.7. The number of carbonyl (C=O) groups is 2. The lowest BCUT2D eigenvalue weighted by atomic mass is 9.91. The normalized spacial score (nSPS) is 13.3. The second kappa shape index (κ2) is 26.4. The van der Waals surface area contributed by atoms with Gasteiger partial charge in [0, 0.05) is 42.6 Å². The number of methoxy groups -OCH3 is 4. The van der Waals surface area contributed by atoms with Crippen LogP contribution in [0.15, 0.2) is 85.2 Å². The van der Waals surface area contributed by atoms with E-state index >= 15 is 0 Å². The molecule has 6 heterocycles. The Hall–Kier alpha value is -7.22. The van der Waals surface area contributed by atoms with Crippen molar-refractivity contribution in [2.75, 3.05) is 66.1 Å². The van der Waals surface area contributed by atoms with Gasteiger partial charge in [-0.15, -0.1) is 35.0 Å². The fourth-order valence-corrected chi connectivity index (χ4v) is 7.59. The molecule has 0 aliphatic carbocycles. The highest BCUT2D eigenvalue weighted by Crippen LogP contribution is 2.35. The Kier molecular flexibility index (Phi) is 20.8. The second-order valence-electron chi connectivity index (χ2n) is 15.6. The fraction of sp³-hybridized carbons (Fsp3) is 0.333. The monoisotopic (exact) mass is 988 g/mol. The first-order valence-corrected chi connectivity index (χ1v) is 21.5. The topological polar surface area (TPSA) is 254 Å². The number of ether oxygens (including phenoxy) is 6. The highest BCUT2D eigenvalue weighted by Gasteiger charge is 2.27. The number of likely N-dealkylation sites (tertiary alicyclic amines) is 1. The van der Waals surface area contributed by atoms with Gasteiger partial charge in [-0.1, -0.05) is 0 Å². The number of piperidine rings is 2. The largest absolute Gasteiger partial charge is 0.493 e. The molecule has 19 nitrogen and oxygen atoms in total. The molecule has 368 valence electrons. The summed E-state index contributed by atoms with van der Waals surface area (Å²) in [6.07, 6.45) is 7.03. The maximum atomic E-state index is 13.1. The number of halogens is 2. The van der Waals surface area contributed by atoms with Gasteiger partial charge in [0.15, 0.2) is 23.0 Å². The first-order chi connectivity index (χ1) is 32.4. The van der Waals surface area contributed by atoms with Crippen LogP contribution in [0.2, 0.25) is 0 Å². The van der Waals surface area contributed by atoms with Gasteiger partial charge < -0.3 is 55.2 Å². The summed E-state index contributed by atoms with van der Waals surface area (Å²) in [5.74, 6) is 4.42. The van der Waals surface area contributed by atoms with Crippen molar-refractivity contribution >= 4 is 48.3 Å². The number of carboxylic acid groups (broad SMARTS) is 1. The van der Waals surface area contributed by atoms with Crippen molar-refractivity contribution in [3.8, 4) is 46.3 Å². The van der Waals surface area contributed by atoms with Crippen LogP contribution in [-0.2, 0) is 0 Å². The average molecular weight is 990 g/mol. The summed E-state index contributed by atoms with van der Waals surface area (Å²) in [4.78, 5) is 34.0. The summed E-state index contributed by atoms with van der Waals surface area (Å²) in [7, 11) is 6.07. The molecule has 8 rings (SSSR count). The van der Waals surface area contributed by atoms with E-state index < -0.39 is 5.97 Å². The summed E-state index contributed by atoms with van der Waals surface area (Å²) in [6, 6.07) is 20.1. The number of anilines is 2. The number of nitrogens with zero attached hydrogens (tertiary/aromatic N) is 7. The highest BCUT2D eigenvalue weighted by molar-refractivity contribution is 5.95. The van der Waals surface area contributed by atoms with Crippen LogP contribution >= 0.6 is 24.8 Å². The number of nitrogen functional groups attached to an aromatic ring is 2. The van der Waals surface area contributed by atoms with Gasteiger partial charge in [0.1, 0.15) is 23.1 Å². The van der Waals surface area contributed by atoms with Crippen LogP contribution in [0.3, 0.4) is 0 Å². The number of hydrogen-bond donors (Lipinski definition) is 4. The molecule has 2 aliphatic heterocycles. The molecule has 2 aromatic carbocycles. The summed E-state index contributed by atoms with van der Waals surface area (Å²) in [5.41, 5.74) is 16.3. The summed E-state index contributed by atoms with van der Waals surface area (Å²) >= 11 is 0. The number of benzene rings is 2. The van der Waals surface area contributed by atoms with Gasteiger partial charge in [0.2, 0.25) is 11.8 Å². The molecule has 2 saturated heterocycles. The molecule has 6 N–H and O–H groups in total. The third kappa shape index (κ3) is 14.9. The number of aromatic nitrogens is 6. The first-order valence-electron chi connectivity index (χ1n) is 21.5. The molecule has 0 spiro atoms. The van der Waals surface area contributed by atoms with Gasteiger partial charge in [-0.25, -0.2) is 14.8 Å². The van der Waals surface area contributed by atoms with Crippen LogP contribution in [0.25, 0.3) is 0 Å². The molecule has 0 unspecified atom stereocenters. The third-order valence-corrected chi connectivity index (χ3v) is 11.1. The maximum absolute atomic E-state index is 13.1. The van der Waals surface area contributed by atoms with Gasteiger partial charge >= 0.3 is 5.97 Å². The molecule has 0 bridgehead atoms. The van der Waals surface area contributed by atoms with E-state index in [-0.39, 0.29) is 42.2 Å². The number of amides is 1. The van der Waals surface area contributed by atoms with E-state index in [1.807, 2.05) is 24.0 Å². The first kappa shape index (κ1) is 54.4. The third-order valence-electron chi connectivity index (χ3n) is 11.1. The minimum atomic E-state index is -1.03. The number of carbonyl (C=O) groups excluding carboxylic acids is 1. The molecule has 0 radical (unpaired) electrons. The van der Waals surface area contributed by atoms with E-state index in [2.05, 4.69) is 42.6 Å². The Labute approximate surface area is 413 Å². The molecule has 69 heavy (non-hydrogen) atoms. The number of aromatic carboxylic acids is 1. The van der Waals surface area contributed by atoms with E-state index in [0.717, 1.165) is 55.7 Å². The Morgan fingerprint density at radius 2 is 1.04 bits per heavy atom. The number of rotatable bonds is 12. The molecule has 4 aromatic heterocycles. The lowest BCUT2D eigenvalue weighted by Crippen LogP contribution is -2.38. The molecule has 6 aromatic rings. The number of pyridine rings is 2. The Morgan fingerprint density at radius 1 is 0.594 bits per heavy atom. The van der Waals surface area contributed by atoms with E-state index in [4.69, 9.17) is 45.0 Å². The van der Waals surface area contributed by atoms with Crippen LogP contribution in [0.5, 0.6) is 46.3 Å². The van der Waals surface area contributed by atoms with Gasteiger partial charge in [0.25, 0.3) is 5.91 Å². The van der Waals surface area contributed by atoms with Crippen molar-refractivity contribution in [2.45, 2.75) is 51.4 Å². The number of hydrogen-bond acceptors (Lipinski definition) is 17. The van der Waals surface area contributed by atoms with Crippen LogP contribution in [-0.4, -0.2) is 107 Å². The Bertz CT molecular complexity index is 2600. The number of aryl methyl sites for hydroxylation is 2. The minimum absolute atomic E-state index is 0. The molecule has 2 aliphatic rings. The standard InChI is InChI=1S/C24H27N5O4.C14H13NO5.C10H16N4.2ClH/c1-15-12-21(25)27-28-23(15)16-8-10-29(11-9-16)24(30)17-4-6-19(20(13-17)31-2)33-18-5-7-22(32-3)26-14-18;1-18-12-7-9(14(16)17)3-5-11(12)20-10-4-6-13(19-2)15-8-10;1-7-6-9(11)13-14-10(7)8-2-4-12-5-3-8;;/h4-7,12-14,16H,8-11H2,1-3H3,(H2,25,27);3-8H,1-2H3,(H,16,17);6,8,12H,2-5H2,1H3,(H2,11,13);2*1H. The van der Waals surface area contributed by atoms with Crippen LogP contribution in [0.1, 0.15) is 80.7 Å². The number of carboxylic acids is 1. The van der Waals surface area contributed by atoms with Crippen molar-refractivity contribution < 1.29 is 43.1 Å². The molecule has 21 heteroatoms.